The number of nitrogens with one attached hydrogen (secondary N) is 1. The molecule has 2 N–H and O–H groups in total. The summed E-state index contributed by atoms with van der Waals surface area (Å²) in [5, 5.41) is 12.5. The normalized spacial score (nSPS) is 9.94. The molecule has 0 aliphatic carbocycles. The summed E-state index contributed by atoms with van der Waals surface area (Å²) in [4.78, 5) is 0.952. The first kappa shape index (κ1) is 14.0. The number of thiophene rings is 1. The second kappa shape index (κ2) is 6.59. The van der Waals surface area contributed by atoms with Crippen LogP contribution in [0.15, 0.2) is 36.4 Å². The molecule has 0 atom stereocenters. The van der Waals surface area contributed by atoms with Crippen LogP contribution in [0, 0.1) is 5.13 Å². The van der Waals surface area contributed by atoms with Gasteiger partial charge in [0.2, 0.25) is 0 Å². The number of phenols is 1. The smallest absolute Gasteiger partial charge is 0.176 e. The first-order chi connectivity index (χ1) is 7.75. The van der Waals surface area contributed by atoms with Crippen molar-refractivity contribution in [3.05, 3.63) is 52.0 Å². The van der Waals surface area contributed by atoms with Crippen molar-refractivity contribution in [3.8, 4) is 5.75 Å². The van der Waals surface area contributed by atoms with Crippen molar-refractivity contribution in [3.63, 3.8) is 0 Å². The van der Waals surface area contributed by atoms with Gasteiger partial charge in [-0.2, -0.15) is 4.39 Å². The lowest BCUT2D eigenvalue weighted by Crippen LogP contribution is -2.11. The minimum Gasteiger partial charge on any atom is -0.508 e. The van der Waals surface area contributed by atoms with Crippen molar-refractivity contribution in [2.75, 3.05) is 0 Å². The Bertz CT molecular complexity index is 475. The van der Waals surface area contributed by atoms with Gasteiger partial charge in [-0.05, 0) is 18.2 Å². The van der Waals surface area contributed by atoms with Gasteiger partial charge in [0.25, 0.3) is 0 Å². The molecule has 0 aliphatic rings. The highest BCUT2D eigenvalue weighted by Crippen LogP contribution is 2.16. The number of hydrogen-bond donors (Lipinski definition) is 2. The SMILES string of the molecule is Cl.Oc1ccccc1CNCc1ccc(F)s1. The molecule has 1 heterocycles. The van der Waals surface area contributed by atoms with Gasteiger partial charge in [-0.15, -0.1) is 23.7 Å². The van der Waals surface area contributed by atoms with Crippen molar-refractivity contribution >= 4 is 23.7 Å². The number of aromatic hydroxyl groups is 1. The van der Waals surface area contributed by atoms with Gasteiger partial charge in [-0.25, -0.2) is 0 Å². The van der Waals surface area contributed by atoms with Crippen LogP contribution in [0.25, 0.3) is 0 Å². The van der Waals surface area contributed by atoms with Crippen LogP contribution in [-0.2, 0) is 13.1 Å². The molecular weight excluding hydrogens is 261 g/mol. The second-order valence-electron chi connectivity index (χ2n) is 3.44. The quantitative estimate of drug-likeness (QED) is 0.896. The molecule has 17 heavy (non-hydrogen) atoms. The fourth-order valence-electron chi connectivity index (χ4n) is 1.43. The summed E-state index contributed by atoms with van der Waals surface area (Å²) in [6, 6.07) is 10.4. The topological polar surface area (TPSA) is 32.3 Å². The third-order valence-electron chi connectivity index (χ3n) is 2.24. The monoisotopic (exact) mass is 273 g/mol. The van der Waals surface area contributed by atoms with Gasteiger partial charge in [0, 0.05) is 23.5 Å². The molecule has 5 heteroatoms. The molecule has 0 saturated heterocycles. The molecule has 0 bridgehead atoms. The highest BCUT2D eigenvalue weighted by atomic mass is 35.5. The minimum atomic E-state index is -0.167. The summed E-state index contributed by atoms with van der Waals surface area (Å²) in [6.07, 6.45) is 0. The maximum Gasteiger partial charge on any atom is 0.176 e. The predicted octanol–water partition coefficient (Wildman–Crippen LogP) is 3.30. The van der Waals surface area contributed by atoms with Crippen LogP contribution in [0.3, 0.4) is 0 Å². The van der Waals surface area contributed by atoms with Crippen LogP contribution >= 0.6 is 23.7 Å². The van der Waals surface area contributed by atoms with Crippen molar-refractivity contribution in [2.45, 2.75) is 13.1 Å². The summed E-state index contributed by atoms with van der Waals surface area (Å²) >= 11 is 1.14. The highest BCUT2D eigenvalue weighted by Gasteiger charge is 2.01. The summed E-state index contributed by atoms with van der Waals surface area (Å²) in [5.41, 5.74) is 0.847. The molecule has 0 saturated carbocycles. The van der Waals surface area contributed by atoms with Gasteiger partial charge in [0.05, 0.1) is 0 Å². The standard InChI is InChI=1S/C12H12FNOS.ClH/c13-12-6-5-10(16-12)8-14-7-9-3-1-2-4-11(9)15;/h1-6,14-15H,7-8H2;1H. The third kappa shape index (κ3) is 4.00. The van der Waals surface area contributed by atoms with Crippen LogP contribution in [0.4, 0.5) is 4.39 Å². The molecule has 0 spiro atoms. The summed E-state index contributed by atoms with van der Waals surface area (Å²) in [7, 11) is 0. The third-order valence-corrected chi connectivity index (χ3v) is 3.11. The lowest BCUT2D eigenvalue weighted by molar-refractivity contribution is 0.464. The highest BCUT2D eigenvalue weighted by molar-refractivity contribution is 7.10. The Hall–Kier alpha value is -1.10. The number of rotatable bonds is 4. The van der Waals surface area contributed by atoms with Gasteiger partial charge in [0.15, 0.2) is 5.13 Å². The van der Waals surface area contributed by atoms with E-state index in [1.54, 1.807) is 18.2 Å². The van der Waals surface area contributed by atoms with E-state index in [2.05, 4.69) is 5.32 Å². The lowest BCUT2D eigenvalue weighted by atomic mass is 10.2. The first-order valence-corrected chi connectivity index (χ1v) is 5.79. The van der Waals surface area contributed by atoms with Crippen LogP contribution in [-0.4, -0.2) is 5.11 Å². The van der Waals surface area contributed by atoms with Crippen molar-refractivity contribution < 1.29 is 9.50 Å². The van der Waals surface area contributed by atoms with Gasteiger partial charge in [-0.3, -0.25) is 0 Å². The average Bonchev–Trinajstić information content (AvgIpc) is 2.67. The number of halogens is 2. The number of hydrogen-bond acceptors (Lipinski definition) is 3. The van der Waals surface area contributed by atoms with Crippen LogP contribution in [0.5, 0.6) is 5.75 Å². The fraction of sp³-hybridized carbons (Fsp3) is 0.167. The molecule has 1 aromatic heterocycles. The van der Waals surface area contributed by atoms with E-state index in [0.717, 1.165) is 21.8 Å². The largest absolute Gasteiger partial charge is 0.508 e. The van der Waals surface area contributed by atoms with Crippen LogP contribution < -0.4 is 5.32 Å². The molecule has 0 unspecified atom stereocenters. The minimum absolute atomic E-state index is 0. The fourth-order valence-corrected chi connectivity index (χ4v) is 2.12. The van der Waals surface area contributed by atoms with Gasteiger partial charge in [-0.1, -0.05) is 18.2 Å². The van der Waals surface area contributed by atoms with Crippen molar-refractivity contribution in [2.24, 2.45) is 0 Å². The maximum absolute atomic E-state index is 12.7. The molecule has 2 nitrogen and oxygen atoms in total. The Morgan fingerprint density at radius 2 is 1.88 bits per heavy atom. The zero-order chi connectivity index (χ0) is 11.4. The van der Waals surface area contributed by atoms with E-state index >= 15 is 0 Å². The Labute approximate surface area is 110 Å². The molecule has 0 radical (unpaired) electrons. The second-order valence-corrected chi connectivity index (χ2v) is 4.56. The van der Waals surface area contributed by atoms with Crippen molar-refractivity contribution in [1.82, 2.24) is 5.32 Å². The lowest BCUT2D eigenvalue weighted by Gasteiger charge is -2.05. The van der Waals surface area contributed by atoms with Gasteiger partial charge >= 0.3 is 0 Å². The van der Waals surface area contributed by atoms with E-state index in [9.17, 15) is 9.50 Å². The number of phenolic OH excluding ortho intramolecular Hbond substituents is 1. The first-order valence-electron chi connectivity index (χ1n) is 4.97. The van der Waals surface area contributed by atoms with Crippen molar-refractivity contribution in [1.29, 1.82) is 0 Å². The van der Waals surface area contributed by atoms with E-state index < -0.39 is 0 Å². The zero-order valence-electron chi connectivity index (χ0n) is 9.02. The molecule has 2 rings (SSSR count). The average molecular weight is 274 g/mol. The predicted molar refractivity (Wildman–Crippen MR) is 70.2 cm³/mol. The summed E-state index contributed by atoms with van der Waals surface area (Å²) < 4.78 is 12.7. The summed E-state index contributed by atoms with van der Waals surface area (Å²) in [5.74, 6) is 0.285. The Kier molecular flexibility index (Phi) is 5.41. The van der Waals surface area contributed by atoms with E-state index in [-0.39, 0.29) is 23.3 Å². The zero-order valence-corrected chi connectivity index (χ0v) is 10.7. The molecule has 1 aromatic carbocycles. The van der Waals surface area contributed by atoms with Crippen LogP contribution in [0.2, 0.25) is 0 Å². The molecule has 92 valence electrons. The molecular formula is C12H13ClFNOS. The molecule has 0 fully saturated rings. The van der Waals surface area contributed by atoms with E-state index in [1.165, 1.54) is 6.07 Å². The Morgan fingerprint density at radius 3 is 2.53 bits per heavy atom. The maximum atomic E-state index is 12.7. The van der Waals surface area contributed by atoms with Crippen LogP contribution in [0.1, 0.15) is 10.4 Å². The van der Waals surface area contributed by atoms with Gasteiger partial charge in [0.1, 0.15) is 5.75 Å². The number of para-hydroxylation sites is 1. The summed E-state index contributed by atoms with van der Waals surface area (Å²) in [6.45, 7) is 1.19. The molecule has 0 amide bonds. The molecule has 0 aliphatic heterocycles. The van der Waals surface area contributed by atoms with E-state index in [1.807, 2.05) is 12.1 Å². The Morgan fingerprint density at radius 1 is 1.12 bits per heavy atom. The van der Waals surface area contributed by atoms with E-state index in [4.69, 9.17) is 0 Å². The van der Waals surface area contributed by atoms with E-state index in [0.29, 0.717) is 13.1 Å². The molecule has 2 aromatic rings. The Balaban J connectivity index is 0.00000144. The number of benzene rings is 1. The van der Waals surface area contributed by atoms with Gasteiger partial charge < -0.3 is 10.4 Å².